The first-order chi connectivity index (χ1) is 9.12. The number of benzene rings is 1. The molecule has 1 aromatic rings. The molecular weight excluding hydrogens is 303 g/mol. The van der Waals surface area contributed by atoms with E-state index in [-0.39, 0.29) is 21.1 Å². The third kappa shape index (κ3) is 4.81. The Morgan fingerprint density at radius 2 is 1.90 bits per heavy atom. The normalized spacial score (nSPS) is 13.1. The van der Waals surface area contributed by atoms with Gasteiger partial charge in [0.25, 0.3) is 5.69 Å². The lowest BCUT2D eigenvalue weighted by molar-refractivity contribution is -0.384. The van der Waals surface area contributed by atoms with Gasteiger partial charge in [0.15, 0.2) is 0 Å². The number of nitrogens with one attached hydrogen (secondary N) is 1. The van der Waals surface area contributed by atoms with E-state index in [4.69, 9.17) is 23.2 Å². The van der Waals surface area contributed by atoms with Crippen molar-refractivity contribution in [3.63, 3.8) is 0 Å². The van der Waals surface area contributed by atoms with Gasteiger partial charge in [-0.05, 0) is 18.8 Å². The summed E-state index contributed by atoms with van der Waals surface area (Å²) >= 11 is 12.0. The standard InChI is InChI=1S/C13H18Cl2N2O3/c1-8(18)6-13(2,3)7-16-12-10(14)4-9(17(19)20)5-11(12)15/h4-5,8,16,18H,6-7H2,1-3H3. The molecule has 5 nitrogen and oxygen atoms in total. The molecule has 0 aliphatic carbocycles. The number of anilines is 1. The molecule has 0 saturated heterocycles. The first-order valence-electron chi connectivity index (χ1n) is 6.18. The van der Waals surface area contributed by atoms with E-state index >= 15 is 0 Å². The van der Waals surface area contributed by atoms with E-state index in [9.17, 15) is 15.2 Å². The van der Waals surface area contributed by atoms with E-state index < -0.39 is 11.0 Å². The number of nitro groups is 1. The van der Waals surface area contributed by atoms with Gasteiger partial charge in [0.1, 0.15) is 0 Å². The summed E-state index contributed by atoms with van der Waals surface area (Å²) in [6.45, 7) is 6.27. The van der Waals surface area contributed by atoms with Crippen molar-refractivity contribution in [3.05, 3.63) is 32.3 Å². The molecule has 0 amide bonds. The predicted octanol–water partition coefficient (Wildman–Crippen LogP) is 4.11. The van der Waals surface area contributed by atoms with Crippen molar-refractivity contribution in [3.8, 4) is 0 Å². The van der Waals surface area contributed by atoms with Gasteiger partial charge >= 0.3 is 0 Å². The van der Waals surface area contributed by atoms with Crippen LogP contribution < -0.4 is 5.32 Å². The van der Waals surface area contributed by atoms with Crippen LogP contribution in [0, 0.1) is 15.5 Å². The average Bonchev–Trinajstić information content (AvgIpc) is 2.25. The first-order valence-corrected chi connectivity index (χ1v) is 6.93. The molecule has 0 heterocycles. The Labute approximate surface area is 128 Å². The summed E-state index contributed by atoms with van der Waals surface area (Å²) < 4.78 is 0. The molecule has 0 fully saturated rings. The number of non-ortho nitro benzene ring substituents is 1. The highest BCUT2D eigenvalue weighted by atomic mass is 35.5. The summed E-state index contributed by atoms with van der Waals surface area (Å²) in [4.78, 5) is 10.2. The van der Waals surface area contributed by atoms with Gasteiger partial charge in [0, 0.05) is 18.7 Å². The minimum absolute atomic E-state index is 0.145. The minimum atomic E-state index is -0.543. The minimum Gasteiger partial charge on any atom is -0.393 e. The Balaban J connectivity index is 2.86. The van der Waals surface area contributed by atoms with E-state index in [0.29, 0.717) is 18.7 Å². The van der Waals surface area contributed by atoms with E-state index in [1.165, 1.54) is 12.1 Å². The zero-order valence-corrected chi connectivity index (χ0v) is 13.1. The summed E-state index contributed by atoms with van der Waals surface area (Å²) in [5, 5.41) is 23.6. The molecule has 7 heteroatoms. The quantitative estimate of drug-likeness (QED) is 0.611. The van der Waals surface area contributed by atoms with Crippen LogP contribution in [-0.4, -0.2) is 22.7 Å². The maximum absolute atomic E-state index is 10.7. The van der Waals surface area contributed by atoms with Crippen LogP contribution in [0.3, 0.4) is 0 Å². The molecule has 20 heavy (non-hydrogen) atoms. The zero-order chi connectivity index (χ0) is 15.5. The molecule has 112 valence electrons. The monoisotopic (exact) mass is 320 g/mol. The summed E-state index contributed by atoms with van der Waals surface area (Å²) in [5.41, 5.74) is 0.161. The molecule has 0 saturated carbocycles. The summed E-state index contributed by atoms with van der Waals surface area (Å²) in [7, 11) is 0. The van der Waals surface area contributed by atoms with E-state index in [0.717, 1.165) is 0 Å². The molecule has 1 aromatic carbocycles. The third-order valence-corrected chi connectivity index (χ3v) is 3.43. The third-order valence-electron chi connectivity index (χ3n) is 2.83. The maximum Gasteiger partial charge on any atom is 0.272 e. The highest BCUT2D eigenvalue weighted by Gasteiger charge is 2.22. The molecule has 0 spiro atoms. The van der Waals surface area contributed by atoms with Crippen molar-refractivity contribution in [1.29, 1.82) is 0 Å². The fourth-order valence-electron chi connectivity index (χ4n) is 2.03. The molecule has 2 N–H and O–H groups in total. The molecule has 0 aliphatic rings. The number of nitro benzene ring substituents is 1. The predicted molar refractivity (Wildman–Crippen MR) is 81.7 cm³/mol. The summed E-state index contributed by atoms with van der Waals surface area (Å²) in [6, 6.07) is 2.52. The fourth-order valence-corrected chi connectivity index (χ4v) is 2.64. The molecule has 1 unspecified atom stereocenters. The van der Waals surface area contributed by atoms with Crippen molar-refractivity contribution >= 4 is 34.6 Å². The van der Waals surface area contributed by atoms with Crippen molar-refractivity contribution in [1.82, 2.24) is 0 Å². The SMILES string of the molecule is CC(O)CC(C)(C)CNc1c(Cl)cc([N+](=O)[O-])cc1Cl. The Kier molecular flexibility index (Phi) is 5.62. The maximum atomic E-state index is 10.7. The van der Waals surface area contributed by atoms with Crippen LogP contribution in [0.2, 0.25) is 10.0 Å². The van der Waals surface area contributed by atoms with Gasteiger partial charge in [-0.1, -0.05) is 37.0 Å². The second-order valence-corrected chi connectivity index (χ2v) is 6.43. The number of hydrogen-bond donors (Lipinski definition) is 2. The Bertz CT molecular complexity index is 481. The largest absolute Gasteiger partial charge is 0.393 e. The van der Waals surface area contributed by atoms with Crippen LogP contribution in [0.25, 0.3) is 0 Å². The summed E-state index contributed by atoms with van der Waals surface area (Å²) in [6.07, 6.45) is 0.206. The number of nitrogens with zero attached hydrogens (tertiary/aromatic N) is 1. The number of rotatable bonds is 6. The van der Waals surface area contributed by atoms with Gasteiger partial charge in [-0.25, -0.2) is 0 Å². The van der Waals surface area contributed by atoms with Crippen LogP contribution in [0.5, 0.6) is 0 Å². The van der Waals surface area contributed by atoms with Gasteiger partial charge < -0.3 is 10.4 Å². The van der Waals surface area contributed by atoms with Crippen molar-refractivity contribution in [2.45, 2.75) is 33.3 Å². The molecule has 0 radical (unpaired) electrons. The second kappa shape index (κ2) is 6.61. The van der Waals surface area contributed by atoms with Gasteiger partial charge in [0.2, 0.25) is 0 Å². The van der Waals surface area contributed by atoms with Crippen LogP contribution in [0.15, 0.2) is 12.1 Å². The van der Waals surface area contributed by atoms with Crippen LogP contribution in [0.4, 0.5) is 11.4 Å². The summed E-state index contributed by atoms with van der Waals surface area (Å²) in [5.74, 6) is 0. The second-order valence-electron chi connectivity index (χ2n) is 5.61. The molecule has 0 bridgehead atoms. The zero-order valence-electron chi connectivity index (χ0n) is 11.6. The Hall–Kier alpha value is -1.04. The van der Waals surface area contributed by atoms with Crippen molar-refractivity contribution in [2.24, 2.45) is 5.41 Å². The number of aliphatic hydroxyl groups is 1. The number of aliphatic hydroxyl groups excluding tert-OH is 1. The lowest BCUT2D eigenvalue weighted by Crippen LogP contribution is -2.27. The highest BCUT2D eigenvalue weighted by molar-refractivity contribution is 6.39. The topological polar surface area (TPSA) is 75.4 Å². The van der Waals surface area contributed by atoms with E-state index in [2.05, 4.69) is 5.32 Å². The number of hydrogen-bond acceptors (Lipinski definition) is 4. The van der Waals surface area contributed by atoms with Crippen molar-refractivity contribution < 1.29 is 10.0 Å². The number of halogens is 2. The van der Waals surface area contributed by atoms with E-state index in [1.807, 2.05) is 13.8 Å². The van der Waals surface area contributed by atoms with Crippen molar-refractivity contribution in [2.75, 3.05) is 11.9 Å². The Morgan fingerprint density at radius 1 is 1.40 bits per heavy atom. The molecular formula is C13H18Cl2N2O3. The van der Waals surface area contributed by atoms with Crippen LogP contribution in [0.1, 0.15) is 27.2 Å². The molecule has 0 aliphatic heterocycles. The smallest absolute Gasteiger partial charge is 0.272 e. The molecule has 0 aromatic heterocycles. The Morgan fingerprint density at radius 3 is 2.30 bits per heavy atom. The lowest BCUT2D eigenvalue weighted by atomic mass is 9.87. The highest BCUT2D eigenvalue weighted by Crippen LogP contribution is 2.35. The first kappa shape index (κ1) is 17.0. The van der Waals surface area contributed by atoms with Crippen LogP contribution in [-0.2, 0) is 0 Å². The fraction of sp³-hybridized carbons (Fsp3) is 0.538. The average molecular weight is 321 g/mol. The van der Waals surface area contributed by atoms with Gasteiger partial charge in [-0.2, -0.15) is 0 Å². The molecule has 1 atom stereocenters. The van der Waals surface area contributed by atoms with Gasteiger partial charge in [-0.3, -0.25) is 10.1 Å². The molecule has 1 rings (SSSR count). The van der Waals surface area contributed by atoms with Gasteiger partial charge in [0.05, 0.1) is 26.8 Å². The lowest BCUT2D eigenvalue weighted by Gasteiger charge is -2.27. The van der Waals surface area contributed by atoms with E-state index in [1.54, 1.807) is 6.92 Å². The van der Waals surface area contributed by atoms with Crippen LogP contribution >= 0.6 is 23.2 Å². The van der Waals surface area contributed by atoms with Gasteiger partial charge in [-0.15, -0.1) is 0 Å².